The van der Waals surface area contributed by atoms with E-state index in [2.05, 4.69) is 20.7 Å². The predicted molar refractivity (Wildman–Crippen MR) is 72.5 cm³/mol. The number of hydrogen-bond acceptors (Lipinski definition) is 2. The summed E-state index contributed by atoms with van der Waals surface area (Å²) in [6, 6.07) is 9.25. The van der Waals surface area contributed by atoms with Gasteiger partial charge in [-0.05, 0) is 23.8 Å². The molecule has 1 saturated carbocycles. The van der Waals surface area contributed by atoms with Gasteiger partial charge in [-0.25, -0.2) is 13.1 Å². The summed E-state index contributed by atoms with van der Waals surface area (Å²) in [5.41, 5.74) is 0.993. The zero-order valence-corrected chi connectivity index (χ0v) is 11.9. The van der Waals surface area contributed by atoms with E-state index >= 15 is 0 Å². The maximum Gasteiger partial charge on any atom is 0.215 e. The minimum Gasteiger partial charge on any atom is -0.214 e. The van der Waals surface area contributed by atoms with E-state index in [1.54, 1.807) is 0 Å². The summed E-state index contributed by atoms with van der Waals surface area (Å²) < 4.78 is 26.4. The lowest BCUT2D eigenvalue weighted by Gasteiger charge is -2.13. The Balaban J connectivity index is 1.91. The van der Waals surface area contributed by atoms with Crippen molar-refractivity contribution in [3.05, 3.63) is 35.9 Å². The van der Waals surface area contributed by atoms with Gasteiger partial charge in [-0.2, -0.15) is 0 Å². The molecule has 1 N–H and O–H groups in total. The van der Waals surface area contributed by atoms with E-state index in [1.165, 1.54) is 0 Å². The van der Waals surface area contributed by atoms with Gasteiger partial charge in [-0.15, -0.1) is 0 Å². The van der Waals surface area contributed by atoms with Crippen molar-refractivity contribution in [2.24, 2.45) is 5.41 Å². The third kappa shape index (κ3) is 3.79. The first kappa shape index (κ1) is 13.1. The van der Waals surface area contributed by atoms with Gasteiger partial charge < -0.3 is 0 Å². The van der Waals surface area contributed by atoms with Gasteiger partial charge in [-0.3, -0.25) is 0 Å². The summed E-state index contributed by atoms with van der Waals surface area (Å²) in [6.45, 7) is 0.549. The van der Waals surface area contributed by atoms with E-state index in [-0.39, 0.29) is 11.2 Å². The van der Waals surface area contributed by atoms with Crippen molar-refractivity contribution in [3.63, 3.8) is 0 Å². The molecule has 1 aliphatic carbocycles. The Morgan fingerprint density at radius 2 is 1.88 bits per heavy atom. The number of nitrogens with one attached hydrogen (secondary N) is 1. The average molecular weight is 318 g/mol. The molecule has 0 bridgehead atoms. The Labute approximate surface area is 111 Å². The molecule has 0 aliphatic heterocycles. The third-order valence-corrected chi connectivity index (χ3v) is 5.59. The van der Waals surface area contributed by atoms with E-state index in [1.807, 2.05) is 30.3 Å². The number of sulfonamides is 1. The van der Waals surface area contributed by atoms with Crippen LogP contribution in [0.2, 0.25) is 0 Å². The maximum absolute atomic E-state index is 11.9. The fraction of sp³-hybridized carbons (Fsp3) is 0.500. The summed E-state index contributed by atoms with van der Waals surface area (Å²) >= 11 is 3.43. The number of alkyl halides is 1. The van der Waals surface area contributed by atoms with Gasteiger partial charge in [-0.1, -0.05) is 46.3 Å². The molecule has 0 aromatic heterocycles. The molecule has 0 atom stereocenters. The fourth-order valence-electron chi connectivity index (χ4n) is 1.64. The number of benzene rings is 1. The van der Waals surface area contributed by atoms with Crippen molar-refractivity contribution in [1.29, 1.82) is 0 Å². The van der Waals surface area contributed by atoms with Crippen molar-refractivity contribution in [3.8, 4) is 0 Å². The molecule has 17 heavy (non-hydrogen) atoms. The molecule has 0 saturated heterocycles. The van der Waals surface area contributed by atoms with Crippen LogP contribution >= 0.6 is 15.9 Å². The molecule has 1 fully saturated rings. The lowest BCUT2D eigenvalue weighted by molar-refractivity contribution is 0.538. The fourth-order valence-corrected chi connectivity index (χ4v) is 3.66. The minimum absolute atomic E-state index is 0.0617. The van der Waals surface area contributed by atoms with E-state index < -0.39 is 10.0 Å². The SMILES string of the molecule is O=S(=O)(Cc1ccccc1)NCC1(CBr)CC1. The van der Waals surface area contributed by atoms with Crippen molar-refractivity contribution in [2.75, 3.05) is 11.9 Å². The van der Waals surface area contributed by atoms with Crippen molar-refractivity contribution in [1.82, 2.24) is 4.72 Å². The quantitative estimate of drug-likeness (QED) is 0.818. The van der Waals surface area contributed by atoms with Crippen LogP contribution in [0.5, 0.6) is 0 Å². The van der Waals surface area contributed by atoms with E-state index in [0.29, 0.717) is 6.54 Å². The molecule has 1 aromatic carbocycles. The molecule has 2 rings (SSSR count). The minimum atomic E-state index is -3.21. The van der Waals surface area contributed by atoms with Gasteiger partial charge in [0.15, 0.2) is 0 Å². The molecule has 0 amide bonds. The van der Waals surface area contributed by atoms with Gasteiger partial charge >= 0.3 is 0 Å². The summed E-state index contributed by atoms with van der Waals surface area (Å²) in [7, 11) is -3.21. The zero-order valence-electron chi connectivity index (χ0n) is 9.52. The molecule has 1 aromatic rings. The van der Waals surface area contributed by atoms with Crippen LogP contribution in [-0.2, 0) is 15.8 Å². The van der Waals surface area contributed by atoms with Crippen LogP contribution < -0.4 is 4.72 Å². The molecule has 3 nitrogen and oxygen atoms in total. The van der Waals surface area contributed by atoms with Crippen LogP contribution in [0, 0.1) is 5.41 Å². The maximum atomic E-state index is 11.9. The highest BCUT2D eigenvalue weighted by Crippen LogP contribution is 2.46. The monoisotopic (exact) mass is 317 g/mol. The Bertz CT molecular complexity index is 469. The normalized spacial score (nSPS) is 17.9. The second-order valence-electron chi connectivity index (χ2n) is 4.70. The van der Waals surface area contributed by atoms with Gasteiger partial charge in [0.05, 0.1) is 5.75 Å². The van der Waals surface area contributed by atoms with Crippen molar-refractivity contribution >= 4 is 26.0 Å². The van der Waals surface area contributed by atoms with Gasteiger partial charge in [0, 0.05) is 11.9 Å². The van der Waals surface area contributed by atoms with E-state index in [4.69, 9.17) is 0 Å². The second kappa shape index (κ2) is 5.08. The van der Waals surface area contributed by atoms with Gasteiger partial charge in [0.2, 0.25) is 10.0 Å². The first-order chi connectivity index (χ1) is 8.05. The Morgan fingerprint density at radius 1 is 1.24 bits per heavy atom. The van der Waals surface area contributed by atoms with Crippen LogP contribution in [0.15, 0.2) is 30.3 Å². The van der Waals surface area contributed by atoms with Crippen LogP contribution in [0.3, 0.4) is 0 Å². The Hall–Kier alpha value is -0.390. The van der Waals surface area contributed by atoms with Crippen molar-refractivity contribution < 1.29 is 8.42 Å². The van der Waals surface area contributed by atoms with Crippen LogP contribution in [0.25, 0.3) is 0 Å². The van der Waals surface area contributed by atoms with Crippen LogP contribution in [0.1, 0.15) is 18.4 Å². The van der Waals surface area contributed by atoms with E-state index in [0.717, 1.165) is 23.7 Å². The molecule has 0 heterocycles. The molecular weight excluding hydrogens is 302 g/mol. The first-order valence-electron chi connectivity index (χ1n) is 5.63. The highest BCUT2D eigenvalue weighted by Gasteiger charge is 2.41. The standard InChI is InChI=1S/C12H16BrNO2S/c13-9-12(6-7-12)10-14-17(15,16)8-11-4-2-1-3-5-11/h1-5,14H,6-10H2. The molecule has 94 valence electrons. The molecule has 0 radical (unpaired) electrons. The summed E-state index contributed by atoms with van der Waals surface area (Å²) in [5.74, 6) is 0.0617. The summed E-state index contributed by atoms with van der Waals surface area (Å²) in [5, 5.41) is 0.869. The van der Waals surface area contributed by atoms with Crippen LogP contribution in [0.4, 0.5) is 0 Å². The summed E-state index contributed by atoms with van der Waals surface area (Å²) in [6.07, 6.45) is 2.21. The summed E-state index contributed by atoms with van der Waals surface area (Å²) in [4.78, 5) is 0. The van der Waals surface area contributed by atoms with E-state index in [9.17, 15) is 8.42 Å². The lowest BCUT2D eigenvalue weighted by Crippen LogP contribution is -2.31. The number of rotatable bonds is 6. The number of hydrogen-bond donors (Lipinski definition) is 1. The topological polar surface area (TPSA) is 46.2 Å². The van der Waals surface area contributed by atoms with Gasteiger partial charge in [0.1, 0.15) is 0 Å². The molecule has 1 aliphatic rings. The Morgan fingerprint density at radius 3 is 2.41 bits per heavy atom. The average Bonchev–Trinajstić information content (AvgIpc) is 3.08. The molecule has 5 heteroatoms. The largest absolute Gasteiger partial charge is 0.215 e. The smallest absolute Gasteiger partial charge is 0.214 e. The van der Waals surface area contributed by atoms with Crippen molar-refractivity contribution in [2.45, 2.75) is 18.6 Å². The van der Waals surface area contributed by atoms with Gasteiger partial charge in [0.25, 0.3) is 0 Å². The van der Waals surface area contributed by atoms with Crippen LogP contribution in [-0.4, -0.2) is 20.3 Å². The Kier molecular flexibility index (Phi) is 3.90. The molecule has 0 unspecified atom stereocenters. The lowest BCUT2D eigenvalue weighted by atomic mass is 10.1. The number of halogens is 1. The second-order valence-corrected chi connectivity index (χ2v) is 7.07. The first-order valence-corrected chi connectivity index (χ1v) is 8.40. The third-order valence-electron chi connectivity index (χ3n) is 3.11. The molecular formula is C12H16BrNO2S. The predicted octanol–water partition coefficient (Wildman–Crippen LogP) is 2.28. The highest BCUT2D eigenvalue weighted by atomic mass is 79.9. The molecule has 0 spiro atoms. The highest BCUT2D eigenvalue weighted by molar-refractivity contribution is 9.09. The zero-order chi connectivity index (χ0) is 12.4.